The molecule has 0 aromatic carbocycles. The zero-order valence-electron chi connectivity index (χ0n) is 18.8. The third-order valence-corrected chi connectivity index (χ3v) is 8.84. The first-order valence-corrected chi connectivity index (χ1v) is 11.5. The minimum atomic E-state index is -2.24. The molecule has 5 nitrogen and oxygen atoms in total. The number of carbonyl (C=O) groups excluding carboxylic acids is 4. The van der Waals surface area contributed by atoms with Gasteiger partial charge in [-0.15, -0.1) is 0 Å². The Balaban J connectivity index is 1.80. The average Bonchev–Trinajstić information content (AvgIpc) is 3.02. The molecule has 0 bridgehead atoms. The van der Waals surface area contributed by atoms with E-state index in [1.54, 1.807) is 20.8 Å². The van der Waals surface area contributed by atoms with Crippen LogP contribution in [-0.4, -0.2) is 41.3 Å². The molecule has 0 N–H and O–H groups in total. The van der Waals surface area contributed by atoms with E-state index in [1.807, 2.05) is 0 Å². The lowest BCUT2D eigenvalue weighted by atomic mass is 9.45. The summed E-state index contributed by atoms with van der Waals surface area (Å²) in [5.41, 5.74) is -5.80. The fourth-order valence-electron chi connectivity index (χ4n) is 7.17. The van der Waals surface area contributed by atoms with E-state index in [2.05, 4.69) is 0 Å². The van der Waals surface area contributed by atoms with Crippen LogP contribution in [0.3, 0.4) is 0 Å². The molecular formula is C25H30F2O5. The molecule has 0 radical (unpaired) electrons. The van der Waals surface area contributed by atoms with Gasteiger partial charge in [0.2, 0.25) is 5.78 Å². The summed E-state index contributed by atoms with van der Waals surface area (Å²) in [5.74, 6) is -3.48. The zero-order chi connectivity index (χ0) is 23.5. The number of hydrogen-bond donors (Lipinski definition) is 0. The van der Waals surface area contributed by atoms with Gasteiger partial charge in [0.25, 0.3) is 0 Å². The lowest BCUT2D eigenvalue weighted by Crippen LogP contribution is -2.68. The quantitative estimate of drug-likeness (QED) is 0.590. The average molecular weight is 449 g/mol. The van der Waals surface area contributed by atoms with Crippen molar-refractivity contribution in [2.45, 2.75) is 77.0 Å². The van der Waals surface area contributed by atoms with Crippen molar-refractivity contribution in [2.24, 2.45) is 22.7 Å². The van der Waals surface area contributed by atoms with Gasteiger partial charge in [-0.2, -0.15) is 0 Å². The van der Waals surface area contributed by atoms with Gasteiger partial charge in [0.15, 0.2) is 29.5 Å². The molecule has 174 valence electrons. The minimum Gasteiger partial charge on any atom is -0.450 e. The van der Waals surface area contributed by atoms with E-state index in [-0.39, 0.29) is 25.0 Å². The van der Waals surface area contributed by atoms with Gasteiger partial charge in [-0.3, -0.25) is 19.2 Å². The van der Waals surface area contributed by atoms with Crippen LogP contribution in [0.25, 0.3) is 0 Å². The number of halogens is 2. The highest BCUT2D eigenvalue weighted by atomic mass is 19.1. The first-order valence-electron chi connectivity index (χ1n) is 11.5. The predicted octanol–water partition coefficient (Wildman–Crippen LogP) is 4.19. The smallest absolute Gasteiger partial charge is 0.306 e. The Morgan fingerprint density at radius 3 is 2.56 bits per heavy atom. The van der Waals surface area contributed by atoms with Crippen LogP contribution in [-0.2, 0) is 23.9 Å². The zero-order valence-corrected chi connectivity index (χ0v) is 18.8. The molecule has 4 aliphatic carbocycles. The van der Waals surface area contributed by atoms with Crippen LogP contribution in [0, 0.1) is 22.7 Å². The van der Waals surface area contributed by atoms with E-state index in [1.165, 1.54) is 18.2 Å². The number of allylic oxidation sites excluding steroid dienone is 4. The number of ether oxygens (including phenoxy) is 1. The van der Waals surface area contributed by atoms with E-state index in [0.717, 1.165) is 0 Å². The Morgan fingerprint density at radius 2 is 1.91 bits per heavy atom. The molecule has 0 heterocycles. The highest BCUT2D eigenvalue weighted by molar-refractivity contribution is 6.03. The van der Waals surface area contributed by atoms with Gasteiger partial charge >= 0.3 is 5.97 Å². The molecule has 0 aromatic rings. The Labute approximate surface area is 186 Å². The third kappa shape index (κ3) is 2.72. The normalized spacial score (nSPS) is 42.6. The second kappa shape index (κ2) is 7.42. The first kappa shape index (κ1) is 23.0. The fraction of sp³-hybridized carbons (Fsp3) is 0.680. The molecule has 4 rings (SSSR count). The molecule has 3 fully saturated rings. The monoisotopic (exact) mass is 448 g/mol. The van der Waals surface area contributed by atoms with Crippen molar-refractivity contribution in [3.05, 3.63) is 23.8 Å². The summed E-state index contributed by atoms with van der Waals surface area (Å²) in [7, 11) is 0. The molecule has 32 heavy (non-hydrogen) atoms. The Hall–Kier alpha value is -2.18. The molecule has 0 amide bonds. The van der Waals surface area contributed by atoms with Crippen molar-refractivity contribution in [2.75, 3.05) is 6.67 Å². The van der Waals surface area contributed by atoms with Crippen molar-refractivity contribution < 1.29 is 32.7 Å². The highest BCUT2D eigenvalue weighted by Crippen LogP contribution is 2.69. The lowest BCUT2D eigenvalue weighted by molar-refractivity contribution is -0.198. The van der Waals surface area contributed by atoms with E-state index in [0.29, 0.717) is 31.3 Å². The Bertz CT molecular complexity index is 954. The largest absolute Gasteiger partial charge is 0.450 e. The van der Waals surface area contributed by atoms with Crippen molar-refractivity contribution >= 4 is 23.3 Å². The molecule has 7 heteroatoms. The van der Waals surface area contributed by atoms with Crippen LogP contribution in [0.1, 0.15) is 65.7 Å². The highest BCUT2D eigenvalue weighted by Gasteiger charge is 2.75. The number of rotatable bonds is 5. The standard InChI is InChI=1S/C25H30F2O5/c1-4-5-21(31)32-24(20(30)14-26)11-9-17-18-7-6-15-12-16(28)8-10-22(15,2)25(18,27)19(29)13-23(17,24)3/h8,10,12,17-18H,4-7,9,11,13-14H2,1-3H3/t17-,18-,22-,23-,24-,25-/m0/s1. The van der Waals surface area contributed by atoms with Gasteiger partial charge in [0.1, 0.15) is 0 Å². The Morgan fingerprint density at radius 1 is 1.19 bits per heavy atom. The van der Waals surface area contributed by atoms with Crippen LogP contribution in [0.2, 0.25) is 0 Å². The minimum absolute atomic E-state index is 0.0809. The van der Waals surface area contributed by atoms with Gasteiger partial charge in [0.05, 0.1) is 0 Å². The topological polar surface area (TPSA) is 77.5 Å². The van der Waals surface area contributed by atoms with E-state index in [4.69, 9.17) is 4.74 Å². The molecule has 3 saturated carbocycles. The SMILES string of the molecule is CCCC(=O)O[C@]1(C(=O)CF)CC[C@H]2[C@@H]3CCC4=CC(=O)C=C[C@]4(C)[C@@]3(F)C(=O)C[C@@]21C. The Kier molecular flexibility index (Phi) is 5.33. The molecule has 0 aromatic heterocycles. The van der Waals surface area contributed by atoms with Crippen molar-refractivity contribution in [1.82, 2.24) is 0 Å². The van der Waals surface area contributed by atoms with Crippen LogP contribution in [0.15, 0.2) is 23.8 Å². The fourth-order valence-corrected chi connectivity index (χ4v) is 7.17. The van der Waals surface area contributed by atoms with Crippen LogP contribution in [0.5, 0.6) is 0 Å². The van der Waals surface area contributed by atoms with Gasteiger partial charge < -0.3 is 4.74 Å². The molecule has 0 unspecified atom stereocenters. The van der Waals surface area contributed by atoms with Crippen molar-refractivity contribution in [3.8, 4) is 0 Å². The maximum atomic E-state index is 17.0. The van der Waals surface area contributed by atoms with E-state index >= 15 is 4.39 Å². The number of esters is 1. The van der Waals surface area contributed by atoms with Gasteiger partial charge in [-0.05, 0) is 57.1 Å². The second-order valence-electron chi connectivity index (χ2n) is 10.2. The first-order chi connectivity index (χ1) is 15.0. The van der Waals surface area contributed by atoms with E-state index < -0.39 is 58.1 Å². The summed E-state index contributed by atoms with van der Waals surface area (Å²) in [6, 6.07) is 0. The van der Waals surface area contributed by atoms with Gasteiger partial charge in [-0.1, -0.05) is 25.5 Å². The summed E-state index contributed by atoms with van der Waals surface area (Å²) in [5, 5.41) is 0. The number of hydrogen-bond acceptors (Lipinski definition) is 5. The van der Waals surface area contributed by atoms with Crippen LogP contribution < -0.4 is 0 Å². The molecular weight excluding hydrogens is 418 g/mol. The van der Waals surface area contributed by atoms with E-state index in [9.17, 15) is 23.6 Å². The maximum Gasteiger partial charge on any atom is 0.306 e. The molecule has 6 atom stereocenters. The van der Waals surface area contributed by atoms with Gasteiger partial charge in [-0.25, -0.2) is 8.78 Å². The van der Waals surface area contributed by atoms with Crippen LogP contribution in [0.4, 0.5) is 8.78 Å². The molecule has 4 aliphatic rings. The number of Topliss-reactive ketones (excluding diaryl/α,β-unsaturated/α-hetero) is 2. The second-order valence-corrected chi connectivity index (χ2v) is 10.2. The maximum absolute atomic E-state index is 17.0. The summed E-state index contributed by atoms with van der Waals surface area (Å²) >= 11 is 0. The molecule has 0 aliphatic heterocycles. The summed E-state index contributed by atoms with van der Waals surface area (Å²) in [6.07, 6.45) is 5.76. The van der Waals surface area contributed by atoms with Crippen molar-refractivity contribution in [1.29, 1.82) is 0 Å². The molecule has 0 saturated heterocycles. The number of fused-ring (bicyclic) bond motifs is 5. The molecule has 0 spiro atoms. The number of ketones is 3. The summed E-state index contributed by atoms with van der Waals surface area (Å²) in [4.78, 5) is 50.8. The third-order valence-electron chi connectivity index (χ3n) is 8.84. The number of carbonyl (C=O) groups is 4. The number of alkyl halides is 2. The summed E-state index contributed by atoms with van der Waals surface area (Å²) < 4.78 is 36.4. The van der Waals surface area contributed by atoms with Crippen LogP contribution >= 0.6 is 0 Å². The van der Waals surface area contributed by atoms with Crippen molar-refractivity contribution in [3.63, 3.8) is 0 Å². The predicted molar refractivity (Wildman–Crippen MR) is 112 cm³/mol. The summed E-state index contributed by atoms with van der Waals surface area (Å²) in [6.45, 7) is 3.83. The lowest BCUT2D eigenvalue weighted by Gasteiger charge is -2.59. The van der Waals surface area contributed by atoms with Gasteiger partial charge in [0, 0.05) is 29.6 Å².